The Morgan fingerprint density at radius 2 is 1.14 bits per heavy atom. The van der Waals surface area contributed by atoms with E-state index in [4.69, 9.17) is 0 Å². The highest BCUT2D eigenvalue weighted by Crippen LogP contribution is 2.13. The summed E-state index contributed by atoms with van der Waals surface area (Å²) in [6.45, 7) is 3.47. The Labute approximate surface area is 139 Å². The lowest BCUT2D eigenvalue weighted by Crippen LogP contribution is -2.46. The summed E-state index contributed by atoms with van der Waals surface area (Å²) in [6.07, 6.45) is 15.5. The van der Waals surface area contributed by atoms with Crippen molar-refractivity contribution in [2.24, 2.45) is 0 Å². The Morgan fingerprint density at radius 1 is 0.762 bits per heavy atom. The second kappa shape index (κ2) is 12.5. The molecule has 0 aromatic rings. The Hall–Kier alpha value is -0.0200. The molecule has 0 aromatic carbocycles. The van der Waals surface area contributed by atoms with Crippen molar-refractivity contribution in [3.05, 3.63) is 0 Å². The molecule has 3 heteroatoms. The van der Waals surface area contributed by atoms with Crippen LogP contribution in [0.25, 0.3) is 0 Å². The van der Waals surface area contributed by atoms with Crippen LogP contribution in [-0.2, 0) is 0 Å². The molecule has 0 atom stereocenters. The first kappa shape index (κ1) is 21.0. The van der Waals surface area contributed by atoms with Crippen molar-refractivity contribution in [2.75, 3.05) is 34.7 Å². The molecule has 0 saturated heterocycles. The molecule has 0 fully saturated rings. The Bertz CT molecular complexity index is 281. The molecule has 0 aliphatic rings. The molecule has 0 rings (SSSR count). The largest absolute Gasteiger partial charge is 0.396 e. The van der Waals surface area contributed by atoms with Crippen molar-refractivity contribution in [1.29, 1.82) is 0 Å². The van der Waals surface area contributed by atoms with Gasteiger partial charge in [-0.3, -0.25) is 0 Å². The smallest absolute Gasteiger partial charge is 0.235 e. The van der Waals surface area contributed by atoms with E-state index in [1.54, 1.807) is 0 Å². The van der Waals surface area contributed by atoms with Crippen LogP contribution in [0.1, 0.15) is 77.6 Å². The van der Waals surface area contributed by atoms with Gasteiger partial charge < -0.3 is 0 Å². The normalized spacial score (nSPS) is 11.7. The number of amidine groups is 1. The van der Waals surface area contributed by atoms with E-state index in [1.165, 1.54) is 77.2 Å². The molecule has 2 nitrogen and oxygen atoms in total. The van der Waals surface area contributed by atoms with Crippen LogP contribution in [0.15, 0.2) is 0 Å². The second-order valence-electron chi connectivity index (χ2n) is 7.14. The van der Waals surface area contributed by atoms with Gasteiger partial charge in [0.15, 0.2) is 0 Å². The third kappa shape index (κ3) is 11.2. The second-order valence-corrected chi connectivity index (χ2v) is 7.54. The minimum Gasteiger partial charge on any atom is -0.235 e. The number of rotatable bonds is 12. The van der Waals surface area contributed by atoms with Crippen molar-refractivity contribution < 1.29 is 9.06 Å². The number of hydrogen-bond acceptors (Lipinski definition) is 0. The molecule has 0 saturated carbocycles. The molecule has 126 valence electrons. The van der Waals surface area contributed by atoms with Crippen LogP contribution in [0.2, 0.25) is 0 Å². The lowest BCUT2D eigenvalue weighted by Gasteiger charge is -2.24. The van der Waals surface area contributed by atoms with Gasteiger partial charge in [-0.15, -0.1) is 0 Å². The first-order valence-corrected chi connectivity index (χ1v) is 9.43. The highest BCUT2D eigenvalue weighted by atomic mass is 32.1. The third-order valence-corrected chi connectivity index (χ3v) is 5.20. The lowest BCUT2D eigenvalue weighted by molar-refractivity contribution is -0.818. The standard InChI is InChI=1S/C18H39N2S/c1-6-7-8-9-10-11-12-13-14-15-16-17-20(4,5)18(21)19(2)3/h6-17H2,1-5H3/q+1/p+1. The zero-order chi connectivity index (χ0) is 16.1. The van der Waals surface area contributed by atoms with Crippen LogP contribution in [0.4, 0.5) is 0 Å². The molecule has 0 amide bonds. The summed E-state index contributed by atoms with van der Waals surface area (Å²) in [5.41, 5.74) is 0. The van der Waals surface area contributed by atoms with Gasteiger partial charge >= 0.3 is 5.17 Å². The van der Waals surface area contributed by atoms with E-state index in [0.29, 0.717) is 0 Å². The average molecular weight is 317 g/mol. The quantitative estimate of drug-likeness (QED) is 0.130. The van der Waals surface area contributed by atoms with Crippen LogP contribution < -0.4 is 0 Å². The fourth-order valence-electron chi connectivity index (χ4n) is 2.81. The van der Waals surface area contributed by atoms with Crippen LogP contribution >= 0.6 is 12.6 Å². The highest BCUT2D eigenvalue weighted by molar-refractivity contribution is 7.96. The summed E-state index contributed by atoms with van der Waals surface area (Å²) >= 11 is 4.63. The minimum atomic E-state index is 0.896. The lowest BCUT2D eigenvalue weighted by atomic mass is 10.1. The third-order valence-electron chi connectivity index (χ3n) is 4.26. The van der Waals surface area contributed by atoms with E-state index in [9.17, 15) is 0 Å². The van der Waals surface area contributed by atoms with Crippen molar-refractivity contribution in [3.8, 4) is 0 Å². The average Bonchev–Trinajstić information content (AvgIpc) is 2.43. The number of nitrogens with zero attached hydrogens (tertiary/aromatic N) is 2. The van der Waals surface area contributed by atoms with Gasteiger partial charge in [-0.2, -0.15) is 4.58 Å². The SMILES string of the molecule is CCCCCCCCCCCCC[N+](C)(C)C(S)=[N+](C)C. The van der Waals surface area contributed by atoms with Gasteiger partial charge in [0.1, 0.15) is 14.1 Å². The maximum absolute atomic E-state index is 4.63. The summed E-state index contributed by atoms with van der Waals surface area (Å²) in [5, 5.41) is 1.14. The highest BCUT2D eigenvalue weighted by Gasteiger charge is 2.26. The molecule has 0 bridgehead atoms. The molecule has 0 radical (unpaired) electrons. The van der Waals surface area contributed by atoms with Gasteiger partial charge in [0.25, 0.3) is 0 Å². The van der Waals surface area contributed by atoms with E-state index in [1.807, 2.05) is 0 Å². The number of hydrogen-bond donors (Lipinski definition) is 1. The van der Waals surface area contributed by atoms with Crippen molar-refractivity contribution in [1.82, 2.24) is 0 Å². The van der Waals surface area contributed by atoms with Gasteiger partial charge in [-0.1, -0.05) is 64.7 Å². The van der Waals surface area contributed by atoms with Gasteiger partial charge in [-0.25, -0.2) is 4.48 Å². The van der Waals surface area contributed by atoms with Crippen LogP contribution in [0.5, 0.6) is 0 Å². The molecule has 0 aliphatic carbocycles. The topological polar surface area (TPSA) is 3.01 Å². The zero-order valence-electron chi connectivity index (χ0n) is 15.3. The van der Waals surface area contributed by atoms with Crippen molar-refractivity contribution >= 4 is 17.8 Å². The van der Waals surface area contributed by atoms with E-state index < -0.39 is 0 Å². The van der Waals surface area contributed by atoms with Gasteiger partial charge in [-0.05, 0) is 25.5 Å². The van der Waals surface area contributed by atoms with E-state index >= 15 is 0 Å². The first-order chi connectivity index (χ1) is 9.91. The van der Waals surface area contributed by atoms with E-state index in [-0.39, 0.29) is 0 Å². The van der Waals surface area contributed by atoms with Crippen LogP contribution in [0, 0.1) is 0 Å². The number of unbranched alkanes of at least 4 members (excludes halogenated alkanes) is 10. The number of quaternary nitrogens is 1. The predicted molar refractivity (Wildman–Crippen MR) is 99.5 cm³/mol. The predicted octanol–water partition coefficient (Wildman–Crippen LogP) is 4.93. The first-order valence-electron chi connectivity index (χ1n) is 8.98. The van der Waals surface area contributed by atoms with Gasteiger partial charge in [0.05, 0.1) is 20.6 Å². The van der Waals surface area contributed by atoms with Crippen LogP contribution in [-0.4, -0.2) is 49.0 Å². The van der Waals surface area contributed by atoms with Gasteiger partial charge in [0, 0.05) is 0 Å². The van der Waals surface area contributed by atoms with Crippen molar-refractivity contribution in [3.63, 3.8) is 0 Å². The molecule has 0 spiro atoms. The van der Waals surface area contributed by atoms with Crippen LogP contribution in [0.3, 0.4) is 0 Å². The fourth-order valence-corrected chi connectivity index (χ4v) is 2.91. The summed E-state index contributed by atoms with van der Waals surface area (Å²) in [7, 11) is 8.64. The molecule has 0 aromatic heterocycles. The monoisotopic (exact) mass is 316 g/mol. The Kier molecular flexibility index (Phi) is 12.5. The van der Waals surface area contributed by atoms with Gasteiger partial charge in [0.2, 0.25) is 0 Å². The molecule has 0 heterocycles. The minimum absolute atomic E-state index is 0.896. The number of thiol groups is 1. The molecule has 0 unspecified atom stereocenters. The molecular formula is C18H40N2S+2. The Balaban J connectivity index is 3.46. The molecule has 0 N–H and O–H groups in total. The van der Waals surface area contributed by atoms with E-state index in [0.717, 1.165) is 9.65 Å². The maximum atomic E-state index is 4.63. The zero-order valence-corrected chi connectivity index (χ0v) is 16.2. The summed E-state index contributed by atoms with van der Waals surface area (Å²) in [5.74, 6) is 0. The molecule has 0 aliphatic heterocycles. The van der Waals surface area contributed by atoms with Crippen molar-refractivity contribution in [2.45, 2.75) is 77.6 Å². The maximum Gasteiger partial charge on any atom is 0.396 e. The fraction of sp³-hybridized carbons (Fsp3) is 0.944. The molecular weight excluding hydrogens is 276 g/mol. The summed E-state index contributed by atoms with van der Waals surface area (Å²) in [6, 6.07) is 0. The summed E-state index contributed by atoms with van der Waals surface area (Å²) in [4.78, 5) is 0. The van der Waals surface area contributed by atoms with E-state index in [2.05, 4.69) is 52.3 Å². The Morgan fingerprint density at radius 3 is 1.52 bits per heavy atom. The molecule has 21 heavy (non-hydrogen) atoms. The summed E-state index contributed by atoms with van der Waals surface area (Å²) < 4.78 is 3.01.